The Bertz CT molecular complexity index is 995. The Balaban J connectivity index is 1.91. The summed E-state index contributed by atoms with van der Waals surface area (Å²) in [6, 6.07) is 11.7. The van der Waals surface area contributed by atoms with Crippen LogP contribution in [0.3, 0.4) is 0 Å². The molecule has 0 radical (unpaired) electrons. The predicted molar refractivity (Wildman–Crippen MR) is 103 cm³/mol. The van der Waals surface area contributed by atoms with Crippen molar-refractivity contribution in [2.24, 2.45) is 13.0 Å². The van der Waals surface area contributed by atoms with Crippen molar-refractivity contribution < 1.29 is 4.79 Å². The number of carbonyl (C=O) groups excluding carboxylic acids is 1. The van der Waals surface area contributed by atoms with E-state index in [0.717, 1.165) is 10.8 Å². The zero-order valence-electron chi connectivity index (χ0n) is 14.6. The first kappa shape index (κ1) is 17.5. The minimum atomic E-state index is -0.0964. The first-order valence-electron chi connectivity index (χ1n) is 8.24. The summed E-state index contributed by atoms with van der Waals surface area (Å²) in [5.41, 5.74) is 0.563. The van der Waals surface area contributed by atoms with E-state index in [1.807, 2.05) is 50.2 Å². The number of nitrogens with one attached hydrogen (secondary N) is 1. The van der Waals surface area contributed by atoms with Crippen LogP contribution < -0.4 is 10.9 Å². The highest BCUT2D eigenvalue weighted by molar-refractivity contribution is 7.99. The third-order valence-electron chi connectivity index (χ3n) is 3.94. The Labute approximate surface area is 150 Å². The van der Waals surface area contributed by atoms with Crippen LogP contribution in [0.1, 0.15) is 13.8 Å². The fourth-order valence-corrected chi connectivity index (χ4v) is 3.37. The number of amides is 1. The van der Waals surface area contributed by atoms with E-state index in [2.05, 4.69) is 10.3 Å². The van der Waals surface area contributed by atoms with Gasteiger partial charge in [0.2, 0.25) is 5.91 Å². The van der Waals surface area contributed by atoms with E-state index in [1.54, 1.807) is 7.05 Å². The van der Waals surface area contributed by atoms with Gasteiger partial charge in [0.05, 0.1) is 16.7 Å². The van der Waals surface area contributed by atoms with Gasteiger partial charge >= 0.3 is 0 Å². The molecule has 130 valence electrons. The van der Waals surface area contributed by atoms with E-state index in [0.29, 0.717) is 28.5 Å². The van der Waals surface area contributed by atoms with Crippen molar-refractivity contribution in [1.82, 2.24) is 14.9 Å². The van der Waals surface area contributed by atoms with Crippen LogP contribution in [0.25, 0.3) is 21.7 Å². The molecule has 1 heterocycles. The zero-order chi connectivity index (χ0) is 18.0. The molecule has 0 aliphatic carbocycles. The molecule has 0 aliphatic heterocycles. The summed E-state index contributed by atoms with van der Waals surface area (Å²) in [7, 11) is 1.69. The lowest BCUT2D eigenvalue weighted by Gasteiger charge is -2.10. The molecule has 0 fully saturated rings. The monoisotopic (exact) mass is 355 g/mol. The molecular weight excluding hydrogens is 334 g/mol. The highest BCUT2D eigenvalue weighted by Crippen LogP contribution is 2.22. The molecule has 0 bridgehead atoms. The number of nitrogens with zero attached hydrogens (tertiary/aromatic N) is 2. The second-order valence-electron chi connectivity index (χ2n) is 6.46. The molecule has 5 nitrogen and oxygen atoms in total. The minimum Gasteiger partial charge on any atom is -0.355 e. The van der Waals surface area contributed by atoms with Gasteiger partial charge in [-0.15, -0.1) is 0 Å². The number of aromatic nitrogens is 2. The molecule has 0 unspecified atom stereocenters. The number of hydrogen-bond acceptors (Lipinski definition) is 4. The SMILES string of the molecule is CC(C)CNC(=O)CSc1nc2cc3ccccc3cc2c(=O)n1C. The number of hydrogen-bond donors (Lipinski definition) is 1. The van der Waals surface area contributed by atoms with Crippen LogP contribution in [0, 0.1) is 5.92 Å². The highest BCUT2D eigenvalue weighted by Gasteiger charge is 2.12. The predicted octanol–water partition coefficient (Wildman–Crippen LogP) is 2.95. The van der Waals surface area contributed by atoms with Gasteiger partial charge in [0.25, 0.3) is 5.56 Å². The maximum Gasteiger partial charge on any atom is 0.261 e. The van der Waals surface area contributed by atoms with E-state index in [4.69, 9.17) is 0 Å². The number of rotatable bonds is 5. The number of thioether (sulfide) groups is 1. The second kappa shape index (κ2) is 7.27. The molecule has 1 N–H and O–H groups in total. The molecular formula is C19H21N3O2S. The van der Waals surface area contributed by atoms with Gasteiger partial charge in [-0.25, -0.2) is 4.98 Å². The topological polar surface area (TPSA) is 64.0 Å². The maximum absolute atomic E-state index is 12.7. The first-order valence-corrected chi connectivity index (χ1v) is 9.23. The summed E-state index contributed by atoms with van der Waals surface area (Å²) in [6.45, 7) is 4.74. The van der Waals surface area contributed by atoms with Gasteiger partial charge in [-0.3, -0.25) is 14.2 Å². The van der Waals surface area contributed by atoms with E-state index in [1.165, 1.54) is 16.3 Å². The molecule has 1 aromatic heterocycles. The molecule has 0 spiro atoms. The summed E-state index contributed by atoms with van der Waals surface area (Å²) >= 11 is 1.28. The smallest absolute Gasteiger partial charge is 0.261 e. The molecule has 0 saturated carbocycles. The quantitative estimate of drug-likeness (QED) is 0.434. The van der Waals surface area contributed by atoms with Crippen LogP contribution >= 0.6 is 11.8 Å². The zero-order valence-corrected chi connectivity index (χ0v) is 15.4. The first-order chi connectivity index (χ1) is 12.0. The third-order valence-corrected chi connectivity index (χ3v) is 4.97. The Morgan fingerprint density at radius 2 is 1.92 bits per heavy atom. The largest absolute Gasteiger partial charge is 0.355 e. The molecule has 0 aliphatic rings. The third kappa shape index (κ3) is 3.85. The summed E-state index contributed by atoms with van der Waals surface area (Å²) in [6.07, 6.45) is 0. The summed E-state index contributed by atoms with van der Waals surface area (Å²) in [5, 5.41) is 6.07. The van der Waals surface area contributed by atoms with E-state index >= 15 is 0 Å². The molecule has 0 saturated heterocycles. The van der Waals surface area contributed by atoms with E-state index in [9.17, 15) is 9.59 Å². The molecule has 2 aromatic carbocycles. The van der Waals surface area contributed by atoms with Gasteiger partial charge < -0.3 is 5.32 Å². The molecule has 3 aromatic rings. The lowest BCUT2D eigenvalue weighted by Crippen LogP contribution is -2.29. The molecule has 6 heteroatoms. The average Bonchev–Trinajstić information content (AvgIpc) is 2.60. The van der Waals surface area contributed by atoms with Crippen LogP contribution in [-0.2, 0) is 11.8 Å². The van der Waals surface area contributed by atoms with Crippen molar-refractivity contribution >= 4 is 39.3 Å². The lowest BCUT2D eigenvalue weighted by atomic mass is 10.1. The number of fused-ring (bicyclic) bond motifs is 2. The van der Waals surface area contributed by atoms with Gasteiger partial charge in [-0.2, -0.15) is 0 Å². The minimum absolute atomic E-state index is 0.0495. The van der Waals surface area contributed by atoms with Gasteiger partial charge in [-0.1, -0.05) is 49.9 Å². The Morgan fingerprint density at radius 3 is 2.60 bits per heavy atom. The molecule has 1 amide bonds. The number of benzene rings is 2. The second-order valence-corrected chi connectivity index (χ2v) is 7.40. The van der Waals surface area contributed by atoms with Crippen molar-refractivity contribution in [3.63, 3.8) is 0 Å². The molecule has 25 heavy (non-hydrogen) atoms. The average molecular weight is 355 g/mol. The standard InChI is InChI=1S/C19H21N3O2S/c1-12(2)10-20-17(23)11-25-19-21-16-9-14-7-5-4-6-13(14)8-15(16)18(24)22(19)3/h4-9,12H,10-11H2,1-3H3,(H,20,23). The van der Waals surface area contributed by atoms with E-state index in [-0.39, 0.29) is 17.2 Å². The van der Waals surface area contributed by atoms with Crippen LogP contribution in [0.2, 0.25) is 0 Å². The van der Waals surface area contributed by atoms with Gasteiger partial charge in [0.1, 0.15) is 0 Å². The van der Waals surface area contributed by atoms with Crippen molar-refractivity contribution in [3.05, 3.63) is 46.8 Å². The Hall–Kier alpha value is -2.34. The Kier molecular flexibility index (Phi) is 5.08. The highest BCUT2D eigenvalue weighted by atomic mass is 32.2. The summed E-state index contributed by atoms with van der Waals surface area (Å²) < 4.78 is 1.51. The normalized spacial score (nSPS) is 11.4. The van der Waals surface area contributed by atoms with Crippen LogP contribution in [0.15, 0.2) is 46.3 Å². The van der Waals surface area contributed by atoms with Crippen LogP contribution in [0.4, 0.5) is 0 Å². The van der Waals surface area contributed by atoms with Crippen molar-refractivity contribution in [2.45, 2.75) is 19.0 Å². The van der Waals surface area contributed by atoms with Crippen LogP contribution in [-0.4, -0.2) is 27.8 Å². The summed E-state index contributed by atoms with van der Waals surface area (Å²) in [4.78, 5) is 29.2. The van der Waals surface area contributed by atoms with Crippen molar-refractivity contribution in [2.75, 3.05) is 12.3 Å². The van der Waals surface area contributed by atoms with Crippen molar-refractivity contribution in [1.29, 1.82) is 0 Å². The number of carbonyl (C=O) groups is 1. The van der Waals surface area contributed by atoms with Crippen LogP contribution in [0.5, 0.6) is 0 Å². The summed E-state index contributed by atoms with van der Waals surface area (Å²) in [5.74, 6) is 0.600. The van der Waals surface area contributed by atoms with Gasteiger partial charge in [-0.05, 0) is 28.8 Å². The molecule has 0 atom stereocenters. The fraction of sp³-hybridized carbons (Fsp3) is 0.316. The van der Waals surface area contributed by atoms with Gasteiger partial charge in [0.15, 0.2) is 5.16 Å². The van der Waals surface area contributed by atoms with Crippen molar-refractivity contribution in [3.8, 4) is 0 Å². The fourth-order valence-electron chi connectivity index (χ4n) is 2.57. The van der Waals surface area contributed by atoms with E-state index < -0.39 is 0 Å². The molecule has 3 rings (SSSR count). The lowest BCUT2D eigenvalue weighted by molar-refractivity contribution is -0.118. The Morgan fingerprint density at radius 1 is 1.24 bits per heavy atom. The maximum atomic E-state index is 12.7. The van der Waals surface area contributed by atoms with Gasteiger partial charge in [0, 0.05) is 13.6 Å².